The third-order valence-electron chi connectivity index (χ3n) is 6.11. The first-order chi connectivity index (χ1) is 12.5. The standard InChI is InChI=1S/C20H28N2O3S/c23-20(9-8-17-6-7-17)22-13-12-21(11-10-16-4-2-1-3-5-16)18-14-26(24,25)15-19(18)22/h1-5,17-19H,6-15H2. The summed E-state index contributed by atoms with van der Waals surface area (Å²) in [6.45, 7) is 2.29. The largest absolute Gasteiger partial charge is 0.336 e. The molecule has 2 aliphatic heterocycles. The first-order valence-electron chi connectivity index (χ1n) is 9.80. The normalized spacial score (nSPS) is 28.1. The van der Waals surface area contributed by atoms with Crippen molar-refractivity contribution < 1.29 is 13.2 Å². The lowest BCUT2D eigenvalue weighted by Gasteiger charge is -2.44. The zero-order valence-electron chi connectivity index (χ0n) is 15.2. The lowest BCUT2D eigenvalue weighted by Crippen LogP contribution is -2.60. The van der Waals surface area contributed by atoms with Gasteiger partial charge in [0.15, 0.2) is 9.84 Å². The van der Waals surface area contributed by atoms with Crippen LogP contribution in [0.1, 0.15) is 31.2 Å². The molecule has 1 aromatic rings. The summed E-state index contributed by atoms with van der Waals surface area (Å²) >= 11 is 0. The predicted octanol–water partition coefficient (Wildman–Crippen LogP) is 1.73. The molecule has 26 heavy (non-hydrogen) atoms. The number of fused-ring (bicyclic) bond motifs is 1. The van der Waals surface area contributed by atoms with Crippen LogP contribution in [0, 0.1) is 5.92 Å². The molecule has 5 nitrogen and oxygen atoms in total. The molecule has 4 rings (SSSR count). The number of hydrogen-bond acceptors (Lipinski definition) is 4. The Kier molecular flexibility index (Phi) is 5.06. The van der Waals surface area contributed by atoms with Crippen LogP contribution in [0.5, 0.6) is 0 Å². The summed E-state index contributed by atoms with van der Waals surface area (Å²) < 4.78 is 24.6. The van der Waals surface area contributed by atoms with Gasteiger partial charge in [0.2, 0.25) is 5.91 Å². The summed E-state index contributed by atoms with van der Waals surface area (Å²) in [5, 5.41) is 0. The Labute approximate surface area is 156 Å². The van der Waals surface area contributed by atoms with E-state index in [1.807, 2.05) is 23.1 Å². The average Bonchev–Trinajstić information content (AvgIpc) is 3.39. The summed E-state index contributed by atoms with van der Waals surface area (Å²) in [5.41, 5.74) is 1.27. The Hall–Kier alpha value is -1.40. The summed E-state index contributed by atoms with van der Waals surface area (Å²) in [5.74, 6) is 1.22. The number of sulfone groups is 1. The molecule has 0 spiro atoms. The van der Waals surface area contributed by atoms with E-state index in [0.717, 1.165) is 31.8 Å². The van der Waals surface area contributed by atoms with Crippen molar-refractivity contribution in [3.05, 3.63) is 35.9 Å². The minimum Gasteiger partial charge on any atom is -0.336 e. The second kappa shape index (κ2) is 7.31. The van der Waals surface area contributed by atoms with E-state index in [-0.39, 0.29) is 29.5 Å². The zero-order valence-corrected chi connectivity index (χ0v) is 16.0. The van der Waals surface area contributed by atoms with Gasteiger partial charge in [-0.15, -0.1) is 0 Å². The van der Waals surface area contributed by atoms with Crippen molar-refractivity contribution in [1.82, 2.24) is 9.80 Å². The minimum absolute atomic E-state index is 0.0395. The molecule has 142 valence electrons. The number of nitrogens with zero attached hydrogens (tertiary/aromatic N) is 2. The van der Waals surface area contributed by atoms with Crippen molar-refractivity contribution in [3.63, 3.8) is 0 Å². The summed E-state index contributed by atoms with van der Waals surface area (Å²) in [4.78, 5) is 16.9. The highest BCUT2D eigenvalue weighted by Gasteiger charge is 2.47. The number of carbonyl (C=O) groups is 1. The lowest BCUT2D eigenvalue weighted by atomic mass is 10.0. The van der Waals surface area contributed by atoms with Gasteiger partial charge in [-0.25, -0.2) is 8.42 Å². The molecule has 6 heteroatoms. The van der Waals surface area contributed by atoms with Gasteiger partial charge in [-0.1, -0.05) is 43.2 Å². The average molecular weight is 377 g/mol. The molecule has 0 N–H and O–H groups in total. The van der Waals surface area contributed by atoms with Crippen LogP contribution >= 0.6 is 0 Å². The van der Waals surface area contributed by atoms with E-state index >= 15 is 0 Å². The molecule has 2 atom stereocenters. The van der Waals surface area contributed by atoms with Crippen LogP contribution in [0.15, 0.2) is 30.3 Å². The molecule has 2 saturated heterocycles. The molecule has 1 aliphatic carbocycles. The van der Waals surface area contributed by atoms with Gasteiger partial charge >= 0.3 is 0 Å². The van der Waals surface area contributed by atoms with Crippen LogP contribution in [0.3, 0.4) is 0 Å². The zero-order chi connectivity index (χ0) is 18.1. The van der Waals surface area contributed by atoms with Crippen molar-refractivity contribution in [2.45, 2.75) is 44.2 Å². The van der Waals surface area contributed by atoms with Gasteiger partial charge in [0.05, 0.1) is 17.5 Å². The lowest BCUT2D eigenvalue weighted by molar-refractivity contribution is -0.137. The molecule has 1 aromatic carbocycles. The number of amides is 1. The third kappa shape index (κ3) is 4.12. The van der Waals surface area contributed by atoms with E-state index in [4.69, 9.17) is 0 Å². The summed E-state index contributed by atoms with van der Waals surface area (Å²) in [6.07, 6.45) is 4.97. The number of hydrogen-bond donors (Lipinski definition) is 0. The van der Waals surface area contributed by atoms with E-state index in [1.54, 1.807) is 0 Å². The van der Waals surface area contributed by atoms with Crippen LogP contribution in [-0.4, -0.2) is 67.3 Å². The smallest absolute Gasteiger partial charge is 0.222 e. The van der Waals surface area contributed by atoms with Gasteiger partial charge in [0.25, 0.3) is 0 Å². The Bertz CT molecular complexity index is 746. The summed E-state index contributed by atoms with van der Waals surface area (Å²) in [6, 6.07) is 10.1. The molecule has 0 aromatic heterocycles. The molecule has 1 amide bonds. The highest BCUT2D eigenvalue weighted by molar-refractivity contribution is 7.91. The second-order valence-electron chi connectivity index (χ2n) is 8.05. The van der Waals surface area contributed by atoms with Crippen molar-refractivity contribution >= 4 is 15.7 Å². The monoisotopic (exact) mass is 376 g/mol. The highest BCUT2D eigenvalue weighted by Crippen LogP contribution is 2.34. The Balaban J connectivity index is 1.42. The molecule has 0 radical (unpaired) electrons. The molecular weight excluding hydrogens is 348 g/mol. The van der Waals surface area contributed by atoms with Crippen molar-refractivity contribution in [2.75, 3.05) is 31.1 Å². The number of piperazine rings is 1. The number of rotatable bonds is 6. The quantitative estimate of drug-likeness (QED) is 0.759. The van der Waals surface area contributed by atoms with Gasteiger partial charge in [-0.05, 0) is 24.3 Å². The maximum Gasteiger partial charge on any atom is 0.222 e. The van der Waals surface area contributed by atoms with E-state index < -0.39 is 9.84 Å². The molecule has 1 saturated carbocycles. The fourth-order valence-corrected chi connectivity index (χ4v) is 6.42. The highest BCUT2D eigenvalue weighted by atomic mass is 32.2. The second-order valence-corrected chi connectivity index (χ2v) is 10.2. The first-order valence-corrected chi connectivity index (χ1v) is 11.6. The minimum atomic E-state index is -3.07. The van der Waals surface area contributed by atoms with Crippen LogP contribution in [0.2, 0.25) is 0 Å². The van der Waals surface area contributed by atoms with E-state index in [9.17, 15) is 13.2 Å². The van der Waals surface area contributed by atoms with Crippen LogP contribution < -0.4 is 0 Å². The first kappa shape index (κ1) is 18.0. The summed E-state index contributed by atoms with van der Waals surface area (Å²) in [7, 11) is -3.07. The van der Waals surface area contributed by atoms with Crippen LogP contribution in [-0.2, 0) is 21.1 Å². The number of carbonyl (C=O) groups excluding carboxylic acids is 1. The van der Waals surface area contributed by atoms with Crippen LogP contribution in [0.25, 0.3) is 0 Å². The van der Waals surface area contributed by atoms with Crippen molar-refractivity contribution in [2.24, 2.45) is 5.92 Å². The van der Waals surface area contributed by atoms with Crippen molar-refractivity contribution in [3.8, 4) is 0 Å². The van der Waals surface area contributed by atoms with Gasteiger partial charge in [-0.3, -0.25) is 9.69 Å². The number of benzene rings is 1. The molecule has 3 fully saturated rings. The Morgan fingerprint density at radius 1 is 1.04 bits per heavy atom. The van der Waals surface area contributed by atoms with Gasteiger partial charge in [-0.2, -0.15) is 0 Å². The molecule has 3 aliphatic rings. The topological polar surface area (TPSA) is 57.7 Å². The van der Waals surface area contributed by atoms with Crippen molar-refractivity contribution in [1.29, 1.82) is 0 Å². The molecule has 0 bridgehead atoms. The maximum atomic E-state index is 12.7. The molecule has 2 unspecified atom stereocenters. The van der Waals surface area contributed by atoms with Gasteiger partial charge in [0.1, 0.15) is 0 Å². The fraction of sp³-hybridized carbons (Fsp3) is 0.650. The fourth-order valence-electron chi connectivity index (χ4n) is 4.41. The Morgan fingerprint density at radius 3 is 2.50 bits per heavy atom. The predicted molar refractivity (Wildman–Crippen MR) is 102 cm³/mol. The van der Waals surface area contributed by atoms with E-state index in [2.05, 4.69) is 17.0 Å². The maximum absolute atomic E-state index is 12.7. The molecule has 2 heterocycles. The SMILES string of the molecule is O=C(CCC1CC1)N1CCN(CCc2ccccc2)C2CS(=O)(=O)CC21. The third-order valence-corrected chi connectivity index (χ3v) is 7.80. The van der Waals surface area contributed by atoms with Gasteiger partial charge in [0, 0.05) is 32.1 Å². The Morgan fingerprint density at radius 2 is 1.77 bits per heavy atom. The van der Waals surface area contributed by atoms with Gasteiger partial charge < -0.3 is 4.90 Å². The van der Waals surface area contributed by atoms with E-state index in [0.29, 0.717) is 13.0 Å². The molecular formula is C20H28N2O3S. The van der Waals surface area contributed by atoms with Crippen LogP contribution in [0.4, 0.5) is 0 Å². The van der Waals surface area contributed by atoms with E-state index in [1.165, 1.54) is 18.4 Å².